The third-order valence-corrected chi connectivity index (χ3v) is 4.27. The highest BCUT2D eigenvalue weighted by Crippen LogP contribution is 2.17. The molecule has 0 aliphatic rings. The Labute approximate surface area is 153 Å². The first kappa shape index (κ1) is 17.9. The average Bonchev–Trinajstić information content (AvgIpc) is 2.95. The lowest BCUT2D eigenvalue weighted by Gasteiger charge is -2.14. The fourth-order valence-corrected chi connectivity index (χ4v) is 2.91. The van der Waals surface area contributed by atoms with Crippen LogP contribution in [0.4, 0.5) is 4.39 Å². The average molecular weight is 375 g/mol. The van der Waals surface area contributed by atoms with Gasteiger partial charge in [0.05, 0.1) is 5.92 Å². The standard InChI is InChI=1S/C18H16ClFN4O2/c19-16-15(24-8-2-1-3-14(24)23-16)18(26)22-10-12(17(21)25)9-11-4-6-13(20)7-5-11/h1-8,12H,9-10H2,(H2,21,25)(H,22,26)/t12-/m1/s1. The maximum atomic E-state index is 13.0. The molecule has 0 aliphatic heterocycles. The van der Waals surface area contributed by atoms with Gasteiger partial charge in [0.15, 0.2) is 10.8 Å². The van der Waals surface area contributed by atoms with Crippen molar-refractivity contribution in [2.75, 3.05) is 6.54 Å². The van der Waals surface area contributed by atoms with Crippen LogP contribution in [0.3, 0.4) is 0 Å². The van der Waals surface area contributed by atoms with Gasteiger partial charge >= 0.3 is 0 Å². The highest BCUT2D eigenvalue weighted by molar-refractivity contribution is 6.32. The highest BCUT2D eigenvalue weighted by atomic mass is 35.5. The van der Waals surface area contributed by atoms with Crippen molar-refractivity contribution >= 4 is 29.1 Å². The molecular formula is C18H16ClFN4O2. The Morgan fingerprint density at radius 3 is 2.65 bits per heavy atom. The van der Waals surface area contributed by atoms with Crippen LogP contribution < -0.4 is 11.1 Å². The van der Waals surface area contributed by atoms with Crippen molar-refractivity contribution in [3.05, 3.63) is 70.9 Å². The second kappa shape index (κ2) is 7.53. The lowest BCUT2D eigenvalue weighted by Crippen LogP contribution is -2.37. The molecule has 8 heteroatoms. The number of nitrogens with zero attached hydrogens (tertiary/aromatic N) is 2. The van der Waals surface area contributed by atoms with E-state index in [-0.39, 0.29) is 29.6 Å². The Morgan fingerprint density at radius 2 is 1.96 bits per heavy atom. The fraction of sp³-hybridized carbons (Fsp3) is 0.167. The molecule has 0 saturated heterocycles. The van der Waals surface area contributed by atoms with E-state index in [9.17, 15) is 14.0 Å². The van der Waals surface area contributed by atoms with E-state index >= 15 is 0 Å². The number of fused-ring (bicyclic) bond motifs is 1. The first-order valence-electron chi connectivity index (χ1n) is 7.90. The van der Waals surface area contributed by atoms with Gasteiger partial charge in [-0.15, -0.1) is 0 Å². The molecule has 2 amide bonds. The number of halogens is 2. The predicted molar refractivity (Wildman–Crippen MR) is 95.3 cm³/mol. The summed E-state index contributed by atoms with van der Waals surface area (Å²) in [6, 6.07) is 11.0. The van der Waals surface area contributed by atoms with E-state index in [4.69, 9.17) is 17.3 Å². The molecule has 6 nitrogen and oxygen atoms in total. The van der Waals surface area contributed by atoms with Crippen molar-refractivity contribution in [1.29, 1.82) is 0 Å². The molecule has 2 aromatic heterocycles. The second-order valence-corrected chi connectivity index (χ2v) is 6.18. The van der Waals surface area contributed by atoms with E-state index in [1.54, 1.807) is 40.9 Å². The lowest BCUT2D eigenvalue weighted by atomic mass is 9.98. The number of carbonyl (C=O) groups excluding carboxylic acids is 2. The molecule has 3 rings (SSSR count). The normalized spacial score (nSPS) is 12.1. The van der Waals surface area contributed by atoms with Gasteiger partial charge in [0.25, 0.3) is 5.91 Å². The molecule has 134 valence electrons. The smallest absolute Gasteiger partial charge is 0.271 e. The molecule has 0 saturated carbocycles. The summed E-state index contributed by atoms with van der Waals surface area (Å²) in [6.07, 6.45) is 1.96. The quantitative estimate of drug-likeness (QED) is 0.693. The lowest BCUT2D eigenvalue weighted by molar-refractivity contribution is -0.121. The van der Waals surface area contributed by atoms with Crippen molar-refractivity contribution in [2.24, 2.45) is 11.7 Å². The van der Waals surface area contributed by atoms with Gasteiger partial charge in [-0.3, -0.25) is 14.0 Å². The summed E-state index contributed by atoms with van der Waals surface area (Å²) in [5.74, 6) is -2.01. The summed E-state index contributed by atoms with van der Waals surface area (Å²) in [4.78, 5) is 28.3. The van der Waals surface area contributed by atoms with Crippen molar-refractivity contribution in [1.82, 2.24) is 14.7 Å². The van der Waals surface area contributed by atoms with Crippen LogP contribution in [0, 0.1) is 11.7 Å². The van der Waals surface area contributed by atoms with E-state index in [2.05, 4.69) is 10.3 Å². The van der Waals surface area contributed by atoms with E-state index in [1.165, 1.54) is 12.1 Å². The molecule has 26 heavy (non-hydrogen) atoms. The van der Waals surface area contributed by atoms with Gasteiger partial charge < -0.3 is 11.1 Å². The van der Waals surface area contributed by atoms with Gasteiger partial charge in [-0.05, 0) is 36.2 Å². The third kappa shape index (κ3) is 3.83. The number of aromatic nitrogens is 2. The van der Waals surface area contributed by atoms with Crippen molar-refractivity contribution in [3.63, 3.8) is 0 Å². The van der Waals surface area contributed by atoms with Crippen LogP contribution in [0.25, 0.3) is 5.65 Å². The molecule has 0 fully saturated rings. The van der Waals surface area contributed by atoms with Gasteiger partial charge in [0.2, 0.25) is 5.91 Å². The Balaban J connectivity index is 1.72. The number of benzene rings is 1. The summed E-state index contributed by atoms with van der Waals surface area (Å²) >= 11 is 6.07. The van der Waals surface area contributed by atoms with E-state index in [0.717, 1.165) is 5.56 Å². The zero-order valence-corrected chi connectivity index (χ0v) is 14.4. The molecule has 0 radical (unpaired) electrons. The Bertz CT molecular complexity index is 955. The van der Waals surface area contributed by atoms with Crippen molar-refractivity contribution in [2.45, 2.75) is 6.42 Å². The number of pyridine rings is 1. The number of primary amides is 1. The molecule has 1 atom stereocenters. The van der Waals surface area contributed by atoms with Gasteiger partial charge in [-0.2, -0.15) is 0 Å². The van der Waals surface area contributed by atoms with Crippen LogP contribution in [0.5, 0.6) is 0 Å². The Hall–Kier alpha value is -2.93. The van der Waals surface area contributed by atoms with E-state index in [1.807, 2.05) is 0 Å². The number of rotatable bonds is 6. The minimum atomic E-state index is -0.637. The van der Waals surface area contributed by atoms with Crippen molar-refractivity contribution < 1.29 is 14.0 Å². The minimum Gasteiger partial charge on any atom is -0.369 e. The molecule has 0 unspecified atom stereocenters. The van der Waals surface area contributed by atoms with Crippen LogP contribution in [-0.4, -0.2) is 27.7 Å². The van der Waals surface area contributed by atoms with Crippen LogP contribution in [0.15, 0.2) is 48.7 Å². The van der Waals surface area contributed by atoms with E-state index in [0.29, 0.717) is 5.65 Å². The molecule has 2 heterocycles. The summed E-state index contributed by atoms with van der Waals surface area (Å²) in [5.41, 5.74) is 6.91. The topological polar surface area (TPSA) is 89.5 Å². The molecule has 0 spiro atoms. The van der Waals surface area contributed by atoms with Gasteiger partial charge in [-0.25, -0.2) is 9.37 Å². The van der Waals surface area contributed by atoms with E-state index < -0.39 is 17.7 Å². The predicted octanol–water partition coefficient (Wildman–Crippen LogP) is 2.20. The first-order valence-corrected chi connectivity index (χ1v) is 8.28. The zero-order chi connectivity index (χ0) is 18.7. The molecule has 0 aliphatic carbocycles. The number of hydrogen-bond donors (Lipinski definition) is 2. The molecule has 3 N–H and O–H groups in total. The van der Waals surface area contributed by atoms with Crippen LogP contribution >= 0.6 is 11.6 Å². The van der Waals surface area contributed by atoms with Crippen LogP contribution in [0.1, 0.15) is 16.1 Å². The van der Waals surface area contributed by atoms with Gasteiger partial charge in [0.1, 0.15) is 11.5 Å². The number of imidazole rings is 1. The fourth-order valence-electron chi connectivity index (χ4n) is 2.65. The Kier molecular flexibility index (Phi) is 5.18. The van der Waals surface area contributed by atoms with Gasteiger partial charge in [0, 0.05) is 12.7 Å². The maximum Gasteiger partial charge on any atom is 0.271 e. The van der Waals surface area contributed by atoms with Crippen LogP contribution in [0.2, 0.25) is 5.15 Å². The molecule has 0 bridgehead atoms. The SMILES string of the molecule is NC(=O)[C@@H](CNC(=O)c1c(Cl)nc2ccccn12)Cc1ccc(F)cc1. The van der Waals surface area contributed by atoms with Crippen molar-refractivity contribution in [3.8, 4) is 0 Å². The number of hydrogen-bond acceptors (Lipinski definition) is 3. The molecule has 1 aromatic carbocycles. The number of carbonyl (C=O) groups is 2. The first-order chi connectivity index (χ1) is 12.5. The van der Waals surface area contributed by atoms with Crippen LogP contribution in [-0.2, 0) is 11.2 Å². The maximum absolute atomic E-state index is 13.0. The summed E-state index contributed by atoms with van der Waals surface area (Å²) in [7, 11) is 0. The Morgan fingerprint density at radius 1 is 1.23 bits per heavy atom. The number of amides is 2. The minimum absolute atomic E-state index is 0.0297. The monoisotopic (exact) mass is 374 g/mol. The van der Waals surface area contributed by atoms with Gasteiger partial charge in [-0.1, -0.05) is 29.8 Å². The summed E-state index contributed by atoms with van der Waals surface area (Å²) in [5, 5.41) is 2.74. The highest BCUT2D eigenvalue weighted by Gasteiger charge is 2.21. The molecular weight excluding hydrogens is 359 g/mol. The second-order valence-electron chi connectivity index (χ2n) is 5.82. The summed E-state index contributed by atoms with van der Waals surface area (Å²) in [6.45, 7) is 0.0297. The molecule has 3 aromatic rings. The third-order valence-electron chi connectivity index (χ3n) is 4.01. The number of nitrogens with two attached hydrogens (primary N) is 1. The number of nitrogens with one attached hydrogen (secondary N) is 1. The largest absolute Gasteiger partial charge is 0.369 e. The summed E-state index contributed by atoms with van der Waals surface area (Å²) < 4.78 is 14.6. The zero-order valence-electron chi connectivity index (χ0n) is 13.7.